The number of benzene rings is 1. The molecule has 0 aliphatic carbocycles. The number of unbranched alkanes of at least 4 members (excludes halogenated alkanes) is 3. The molecule has 1 aromatic carbocycles. The van der Waals surface area contributed by atoms with Crippen molar-refractivity contribution in [3.05, 3.63) is 34.9 Å². The summed E-state index contributed by atoms with van der Waals surface area (Å²) in [5.74, 6) is 0.202. The number of nitrogens with one attached hydrogen (secondary N) is 1. The second kappa shape index (κ2) is 8.11. The van der Waals surface area contributed by atoms with Crippen molar-refractivity contribution < 1.29 is 4.79 Å². The zero-order valence-corrected chi connectivity index (χ0v) is 12.8. The zero-order chi connectivity index (χ0) is 14.3. The summed E-state index contributed by atoms with van der Waals surface area (Å²) in [7, 11) is 0. The van der Waals surface area contributed by atoms with Crippen LogP contribution in [0, 0.1) is 13.8 Å². The lowest BCUT2D eigenvalue weighted by Crippen LogP contribution is -2.35. The predicted molar refractivity (Wildman–Crippen MR) is 81.9 cm³/mol. The van der Waals surface area contributed by atoms with Gasteiger partial charge in [0.15, 0.2) is 5.78 Å². The Morgan fingerprint density at radius 3 is 2.58 bits per heavy atom. The van der Waals surface area contributed by atoms with Gasteiger partial charge in [0.1, 0.15) is 0 Å². The van der Waals surface area contributed by atoms with E-state index >= 15 is 0 Å². The van der Waals surface area contributed by atoms with Crippen molar-refractivity contribution in [1.82, 2.24) is 5.32 Å². The fourth-order valence-corrected chi connectivity index (χ4v) is 2.29. The SMILES string of the molecule is CCCCCCNC(C)C(=O)c1ccc(C)cc1C. The van der Waals surface area contributed by atoms with Crippen molar-refractivity contribution in [2.45, 2.75) is 59.4 Å². The van der Waals surface area contributed by atoms with Gasteiger partial charge in [0.2, 0.25) is 0 Å². The van der Waals surface area contributed by atoms with Crippen molar-refractivity contribution in [3.8, 4) is 0 Å². The van der Waals surface area contributed by atoms with Crippen LogP contribution in [0.4, 0.5) is 0 Å². The van der Waals surface area contributed by atoms with Gasteiger partial charge in [-0.3, -0.25) is 4.79 Å². The summed E-state index contributed by atoms with van der Waals surface area (Å²) in [6, 6.07) is 5.93. The van der Waals surface area contributed by atoms with Crippen molar-refractivity contribution in [2.24, 2.45) is 0 Å². The summed E-state index contributed by atoms with van der Waals surface area (Å²) in [6.45, 7) is 9.16. The van der Waals surface area contributed by atoms with Gasteiger partial charge >= 0.3 is 0 Å². The van der Waals surface area contributed by atoms with Crippen LogP contribution in [-0.2, 0) is 0 Å². The number of carbonyl (C=O) groups is 1. The first-order valence-electron chi connectivity index (χ1n) is 7.41. The molecule has 1 N–H and O–H groups in total. The van der Waals surface area contributed by atoms with Gasteiger partial charge in [-0.05, 0) is 39.3 Å². The Morgan fingerprint density at radius 1 is 1.21 bits per heavy atom. The fourth-order valence-electron chi connectivity index (χ4n) is 2.29. The van der Waals surface area contributed by atoms with E-state index in [4.69, 9.17) is 0 Å². The van der Waals surface area contributed by atoms with Crippen LogP contribution in [0.5, 0.6) is 0 Å². The molecule has 106 valence electrons. The lowest BCUT2D eigenvalue weighted by atomic mass is 9.98. The third-order valence-corrected chi connectivity index (χ3v) is 3.52. The van der Waals surface area contributed by atoms with Crippen LogP contribution in [0.25, 0.3) is 0 Å². The van der Waals surface area contributed by atoms with E-state index in [1.807, 2.05) is 26.0 Å². The van der Waals surface area contributed by atoms with Gasteiger partial charge in [-0.2, -0.15) is 0 Å². The molecular weight excluding hydrogens is 234 g/mol. The molecular formula is C17H27NO. The van der Waals surface area contributed by atoms with Crippen LogP contribution in [0.2, 0.25) is 0 Å². The lowest BCUT2D eigenvalue weighted by molar-refractivity contribution is 0.0950. The molecule has 0 radical (unpaired) electrons. The van der Waals surface area contributed by atoms with E-state index in [2.05, 4.69) is 25.2 Å². The van der Waals surface area contributed by atoms with Crippen LogP contribution in [0.15, 0.2) is 18.2 Å². The summed E-state index contributed by atoms with van der Waals surface area (Å²) < 4.78 is 0. The first kappa shape index (κ1) is 15.9. The Morgan fingerprint density at radius 2 is 1.95 bits per heavy atom. The summed E-state index contributed by atoms with van der Waals surface area (Å²) >= 11 is 0. The van der Waals surface area contributed by atoms with E-state index in [1.54, 1.807) is 0 Å². The molecule has 1 rings (SSSR count). The smallest absolute Gasteiger partial charge is 0.179 e. The molecule has 0 aliphatic rings. The Hall–Kier alpha value is -1.15. The monoisotopic (exact) mass is 261 g/mol. The molecule has 2 nitrogen and oxygen atoms in total. The number of rotatable bonds is 8. The largest absolute Gasteiger partial charge is 0.307 e. The van der Waals surface area contributed by atoms with Gasteiger partial charge in [0.25, 0.3) is 0 Å². The van der Waals surface area contributed by atoms with Crippen LogP contribution >= 0.6 is 0 Å². The normalized spacial score (nSPS) is 12.4. The van der Waals surface area contributed by atoms with Crippen LogP contribution in [0.1, 0.15) is 61.0 Å². The van der Waals surface area contributed by atoms with Gasteiger partial charge in [-0.1, -0.05) is 49.9 Å². The lowest BCUT2D eigenvalue weighted by Gasteiger charge is -2.14. The Balaban J connectivity index is 2.47. The van der Waals surface area contributed by atoms with Crippen molar-refractivity contribution >= 4 is 5.78 Å². The minimum atomic E-state index is -0.0944. The number of carbonyl (C=O) groups excluding carboxylic acids is 1. The van der Waals surface area contributed by atoms with Gasteiger partial charge in [0.05, 0.1) is 6.04 Å². The Labute approximate surface area is 117 Å². The average Bonchev–Trinajstić information content (AvgIpc) is 2.37. The quantitative estimate of drug-likeness (QED) is 0.565. The van der Waals surface area contributed by atoms with Crippen LogP contribution < -0.4 is 5.32 Å². The molecule has 0 amide bonds. The van der Waals surface area contributed by atoms with Gasteiger partial charge < -0.3 is 5.32 Å². The number of aryl methyl sites for hydroxylation is 2. The molecule has 0 saturated carbocycles. The number of hydrogen-bond acceptors (Lipinski definition) is 2. The molecule has 0 saturated heterocycles. The first-order chi connectivity index (χ1) is 9.06. The minimum Gasteiger partial charge on any atom is -0.307 e. The predicted octanol–water partition coefficient (Wildman–Crippen LogP) is 4.04. The summed E-state index contributed by atoms with van der Waals surface area (Å²) in [5, 5.41) is 3.33. The Kier molecular flexibility index (Phi) is 6.79. The summed E-state index contributed by atoms with van der Waals surface area (Å²) in [6.07, 6.45) is 4.92. The van der Waals surface area contributed by atoms with E-state index in [0.29, 0.717) is 0 Å². The second-order valence-corrected chi connectivity index (χ2v) is 5.42. The first-order valence-corrected chi connectivity index (χ1v) is 7.41. The highest BCUT2D eigenvalue weighted by Crippen LogP contribution is 2.13. The van der Waals surface area contributed by atoms with Crippen molar-refractivity contribution in [2.75, 3.05) is 6.54 Å². The van der Waals surface area contributed by atoms with Crippen LogP contribution in [-0.4, -0.2) is 18.4 Å². The third kappa shape index (κ3) is 5.15. The standard InChI is InChI=1S/C17H27NO/c1-5-6-7-8-11-18-15(4)17(19)16-10-9-13(2)12-14(16)3/h9-10,12,15,18H,5-8,11H2,1-4H3. The second-order valence-electron chi connectivity index (χ2n) is 5.42. The number of Topliss-reactive ketones (excluding diaryl/α,β-unsaturated/α-hetero) is 1. The maximum Gasteiger partial charge on any atom is 0.179 e. The van der Waals surface area contributed by atoms with E-state index in [9.17, 15) is 4.79 Å². The molecule has 1 atom stereocenters. The molecule has 0 heterocycles. The fraction of sp³-hybridized carbons (Fsp3) is 0.588. The molecule has 0 aromatic heterocycles. The minimum absolute atomic E-state index is 0.0944. The van der Waals surface area contributed by atoms with Crippen molar-refractivity contribution in [1.29, 1.82) is 0 Å². The van der Waals surface area contributed by atoms with E-state index in [-0.39, 0.29) is 11.8 Å². The third-order valence-electron chi connectivity index (χ3n) is 3.52. The number of hydrogen-bond donors (Lipinski definition) is 1. The topological polar surface area (TPSA) is 29.1 Å². The molecule has 0 aliphatic heterocycles. The van der Waals surface area contributed by atoms with E-state index in [1.165, 1.54) is 24.8 Å². The highest BCUT2D eigenvalue weighted by atomic mass is 16.1. The molecule has 0 fully saturated rings. The molecule has 0 spiro atoms. The van der Waals surface area contributed by atoms with Gasteiger partial charge in [0, 0.05) is 5.56 Å². The van der Waals surface area contributed by atoms with Gasteiger partial charge in [-0.15, -0.1) is 0 Å². The van der Waals surface area contributed by atoms with E-state index < -0.39 is 0 Å². The average molecular weight is 261 g/mol. The molecule has 19 heavy (non-hydrogen) atoms. The maximum atomic E-state index is 12.3. The Bertz CT molecular complexity index is 412. The number of ketones is 1. The van der Waals surface area contributed by atoms with Crippen molar-refractivity contribution in [3.63, 3.8) is 0 Å². The summed E-state index contributed by atoms with van der Waals surface area (Å²) in [4.78, 5) is 12.3. The highest BCUT2D eigenvalue weighted by molar-refractivity contribution is 6.01. The molecule has 1 unspecified atom stereocenters. The maximum absolute atomic E-state index is 12.3. The zero-order valence-electron chi connectivity index (χ0n) is 12.8. The molecule has 0 bridgehead atoms. The molecule has 1 aromatic rings. The summed E-state index contributed by atoms with van der Waals surface area (Å²) in [5.41, 5.74) is 3.12. The van der Waals surface area contributed by atoms with Crippen LogP contribution in [0.3, 0.4) is 0 Å². The molecule has 2 heteroatoms. The van der Waals surface area contributed by atoms with Gasteiger partial charge in [-0.25, -0.2) is 0 Å². The highest BCUT2D eigenvalue weighted by Gasteiger charge is 2.16. The van der Waals surface area contributed by atoms with E-state index in [0.717, 1.165) is 24.1 Å².